The lowest BCUT2D eigenvalue weighted by molar-refractivity contribution is 0.414. The van der Waals surface area contributed by atoms with Crippen molar-refractivity contribution >= 4 is 11.1 Å². The molecule has 2 heteroatoms. The molecule has 0 aliphatic heterocycles. The highest BCUT2D eigenvalue weighted by Crippen LogP contribution is 2.34. The van der Waals surface area contributed by atoms with E-state index in [2.05, 4.69) is 36.4 Å². The van der Waals surface area contributed by atoms with Crippen LogP contribution in [0.1, 0.15) is 17.5 Å². The maximum absolute atomic E-state index is 5.20. The van der Waals surface area contributed by atoms with Gasteiger partial charge in [-0.3, -0.25) is 0 Å². The van der Waals surface area contributed by atoms with Crippen molar-refractivity contribution < 1.29 is 9.47 Å². The molecule has 3 rings (SSSR count). The molecule has 0 heterocycles. The predicted octanol–water partition coefficient (Wildman–Crippen LogP) is 4.57. The van der Waals surface area contributed by atoms with Crippen molar-refractivity contribution in [1.29, 1.82) is 0 Å². The SMILES string of the molecule is COc1ccc(C2=CC=C(c3ccc(OC)cc3)C2)cc1. The van der Waals surface area contributed by atoms with Gasteiger partial charge in [0.15, 0.2) is 0 Å². The van der Waals surface area contributed by atoms with Crippen LogP contribution in [0.25, 0.3) is 11.1 Å². The van der Waals surface area contributed by atoms with Crippen molar-refractivity contribution in [2.24, 2.45) is 0 Å². The van der Waals surface area contributed by atoms with Gasteiger partial charge in [0.1, 0.15) is 11.5 Å². The summed E-state index contributed by atoms with van der Waals surface area (Å²) >= 11 is 0. The van der Waals surface area contributed by atoms with Gasteiger partial charge < -0.3 is 9.47 Å². The number of hydrogen-bond acceptors (Lipinski definition) is 2. The highest BCUT2D eigenvalue weighted by atomic mass is 16.5. The Kier molecular flexibility index (Phi) is 3.78. The Bertz CT molecular complexity index is 615. The third-order valence-electron chi connectivity index (χ3n) is 3.79. The molecule has 0 aromatic heterocycles. The molecule has 2 aromatic rings. The molecule has 0 bridgehead atoms. The van der Waals surface area contributed by atoms with Crippen LogP contribution in [0.4, 0.5) is 0 Å². The summed E-state index contributed by atoms with van der Waals surface area (Å²) in [5.74, 6) is 1.78. The van der Waals surface area contributed by atoms with E-state index in [0.29, 0.717) is 0 Å². The van der Waals surface area contributed by atoms with Crippen LogP contribution in [0.2, 0.25) is 0 Å². The van der Waals surface area contributed by atoms with E-state index in [-0.39, 0.29) is 0 Å². The average molecular weight is 278 g/mol. The fraction of sp³-hybridized carbons (Fsp3) is 0.158. The van der Waals surface area contributed by atoms with Crippen molar-refractivity contribution in [2.45, 2.75) is 6.42 Å². The second-order valence-corrected chi connectivity index (χ2v) is 5.02. The van der Waals surface area contributed by atoms with Gasteiger partial charge in [-0.15, -0.1) is 0 Å². The van der Waals surface area contributed by atoms with Crippen molar-refractivity contribution in [3.8, 4) is 11.5 Å². The topological polar surface area (TPSA) is 18.5 Å². The summed E-state index contributed by atoms with van der Waals surface area (Å²) in [6.45, 7) is 0. The minimum atomic E-state index is 0.890. The van der Waals surface area contributed by atoms with E-state index in [9.17, 15) is 0 Å². The minimum absolute atomic E-state index is 0.890. The normalized spacial score (nSPS) is 13.6. The molecule has 2 nitrogen and oxygen atoms in total. The molecule has 2 aromatic carbocycles. The minimum Gasteiger partial charge on any atom is -0.497 e. The molecule has 0 spiro atoms. The Hall–Kier alpha value is -2.48. The van der Waals surface area contributed by atoms with Gasteiger partial charge in [0, 0.05) is 0 Å². The standard InChI is InChI=1S/C19H18O2/c1-20-18-9-5-14(6-10-18)16-3-4-17(13-16)15-7-11-19(21-2)12-8-15/h3-12H,13H2,1-2H3. The molecule has 0 amide bonds. The van der Waals surface area contributed by atoms with Gasteiger partial charge in [-0.1, -0.05) is 36.4 Å². The first-order valence-electron chi connectivity index (χ1n) is 6.99. The molecule has 0 radical (unpaired) electrons. The van der Waals surface area contributed by atoms with Crippen LogP contribution in [0.15, 0.2) is 60.7 Å². The summed E-state index contributed by atoms with van der Waals surface area (Å²) in [5, 5.41) is 0. The second kappa shape index (κ2) is 5.88. The first kappa shape index (κ1) is 13.5. The molecule has 1 aliphatic carbocycles. The quantitative estimate of drug-likeness (QED) is 0.815. The molecule has 106 valence electrons. The largest absolute Gasteiger partial charge is 0.497 e. The van der Waals surface area contributed by atoms with Gasteiger partial charge in [-0.05, 0) is 53.0 Å². The van der Waals surface area contributed by atoms with Crippen LogP contribution in [0.5, 0.6) is 11.5 Å². The fourth-order valence-electron chi connectivity index (χ4n) is 2.53. The smallest absolute Gasteiger partial charge is 0.118 e. The van der Waals surface area contributed by atoms with Crippen molar-refractivity contribution in [3.63, 3.8) is 0 Å². The zero-order valence-corrected chi connectivity index (χ0v) is 12.3. The fourth-order valence-corrected chi connectivity index (χ4v) is 2.53. The van der Waals surface area contributed by atoms with Gasteiger partial charge in [0.05, 0.1) is 14.2 Å². The number of rotatable bonds is 4. The maximum Gasteiger partial charge on any atom is 0.118 e. The van der Waals surface area contributed by atoms with Crippen LogP contribution < -0.4 is 9.47 Å². The highest BCUT2D eigenvalue weighted by Gasteiger charge is 2.12. The molecule has 0 saturated heterocycles. The van der Waals surface area contributed by atoms with Crippen LogP contribution in [0, 0.1) is 0 Å². The van der Waals surface area contributed by atoms with Gasteiger partial charge >= 0.3 is 0 Å². The van der Waals surface area contributed by atoms with Gasteiger partial charge in [-0.25, -0.2) is 0 Å². The summed E-state index contributed by atoms with van der Waals surface area (Å²) in [7, 11) is 3.38. The van der Waals surface area contributed by atoms with E-state index < -0.39 is 0 Å². The van der Waals surface area contributed by atoms with Crippen LogP contribution >= 0.6 is 0 Å². The third-order valence-corrected chi connectivity index (χ3v) is 3.79. The van der Waals surface area contributed by atoms with E-state index in [1.807, 2.05) is 24.3 Å². The highest BCUT2D eigenvalue weighted by molar-refractivity contribution is 5.86. The Labute approximate surface area is 125 Å². The Morgan fingerprint density at radius 2 is 1.00 bits per heavy atom. The number of benzene rings is 2. The summed E-state index contributed by atoms with van der Waals surface area (Å²) in [6, 6.07) is 16.4. The van der Waals surface area contributed by atoms with E-state index in [0.717, 1.165) is 17.9 Å². The first-order chi connectivity index (χ1) is 10.3. The Morgan fingerprint density at radius 3 is 1.33 bits per heavy atom. The molecule has 0 N–H and O–H groups in total. The summed E-state index contributed by atoms with van der Waals surface area (Å²) in [5.41, 5.74) is 5.16. The third kappa shape index (κ3) is 2.84. The van der Waals surface area contributed by atoms with Gasteiger partial charge in [0.2, 0.25) is 0 Å². The van der Waals surface area contributed by atoms with Crippen LogP contribution in [0.3, 0.4) is 0 Å². The lowest BCUT2D eigenvalue weighted by atomic mass is 9.99. The lowest BCUT2D eigenvalue weighted by Crippen LogP contribution is -1.87. The van der Waals surface area contributed by atoms with E-state index >= 15 is 0 Å². The maximum atomic E-state index is 5.20. The van der Waals surface area contributed by atoms with Crippen LogP contribution in [-0.2, 0) is 0 Å². The van der Waals surface area contributed by atoms with E-state index in [4.69, 9.17) is 9.47 Å². The Balaban J connectivity index is 1.73. The molecular weight excluding hydrogens is 260 g/mol. The van der Waals surface area contributed by atoms with Crippen molar-refractivity contribution in [2.75, 3.05) is 14.2 Å². The number of methoxy groups -OCH3 is 2. The van der Waals surface area contributed by atoms with Crippen molar-refractivity contribution in [1.82, 2.24) is 0 Å². The lowest BCUT2D eigenvalue weighted by Gasteiger charge is -2.08. The zero-order valence-electron chi connectivity index (χ0n) is 12.3. The molecule has 1 aliphatic rings. The summed E-state index contributed by atoms with van der Waals surface area (Å²) in [6.07, 6.45) is 5.35. The average Bonchev–Trinajstić information content (AvgIpc) is 3.05. The van der Waals surface area contributed by atoms with Gasteiger partial charge in [0.25, 0.3) is 0 Å². The summed E-state index contributed by atoms with van der Waals surface area (Å²) < 4.78 is 10.4. The second-order valence-electron chi connectivity index (χ2n) is 5.02. The van der Waals surface area contributed by atoms with Crippen LogP contribution in [-0.4, -0.2) is 14.2 Å². The summed E-state index contributed by atoms with van der Waals surface area (Å²) in [4.78, 5) is 0. The monoisotopic (exact) mass is 278 g/mol. The van der Waals surface area contributed by atoms with E-state index in [1.54, 1.807) is 14.2 Å². The van der Waals surface area contributed by atoms with Gasteiger partial charge in [-0.2, -0.15) is 0 Å². The number of hydrogen-bond donors (Lipinski definition) is 0. The van der Waals surface area contributed by atoms with Crippen molar-refractivity contribution in [3.05, 3.63) is 71.8 Å². The van der Waals surface area contributed by atoms with E-state index in [1.165, 1.54) is 22.3 Å². The number of allylic oxidation sites excluding steroid dienone is 4. The molecule has 0 fully saturated rings. The first-order valence-corrected chi connectivity index (χ1v) is 6.99. The molecular formula is C19H18O2. The zero-order chi connectivity index (χ0) is 14.7. The number of ether oxygens (including phenoxy) is 2. The molecule has 0 saturated carbocycles. The molecule has 0 unspecified atom stereocenters. The molecule has 21 heavy (non-hydrogen) atoms. The Morgan fingerprint density at radius 1 is 0.619 bits per heavy atom. The molecule has 0 atom stereocenters. The predicted molar refractivity (Wildman–Crippen MR) is 86.6 cm³/mol.